The molecule has 1 aromatic carbocycles. The molecule has 3 rings (SSSR count). The van der Waals surface area contributed by atoms with Gasteiger partial charge in [0.05, 0.1) is 17.3 Å². The lowest BCUT2D eigenvalue weighted by atomic mass is 10.2. The lowest BCUT2D eigenvalue weighted by Crippen LogP contribution is -2.01. The Balaban J connectivity index is 2.12. The van der Waals surface area contributed by atoms with E-state index in [1.807, 2.05) is 4.68 Å². The first-order valence-corrected chi connectivity index (χ1v) is 6.24. The number of aromatic nitrogens is 2. The monoisotopic (exact) mass is 250 g/mol. The Labute approximate surface area is 104 Å². The van der Waals surface area contributed by atoms with Gasteiger partial charge >= 0.3 is 0 Å². The number of benzene rings is 1. The molecule has 0 saturated carbocycles. The molecule has 0 radical (unpaired) electrons. The van der Waals surface area contributed by atoms with Gasteiger partial charge in [-0.3, -0.25) is 0 Å². The molecule has 4 heteroatoms. The number of nitrogens with zero attached hydrogens (tertiary/aromatic N) is 2. The third-order valence-electron chi connectivity index (χ3n) is 3.21. The van der Waals surface area contributed by atoms with E-state index in [0.29, 0.717) is 5.88 Å². The summed E-state index contributed by atoms with van der Waals surface area (Å²) >= 11 is 5.90. The lowest BCUT2D eigenvalue weighted by Gasteiger charge is -2.04. The smallest absolute Gasteiger partial charge is 0.123 e. The van der Waals surface area contributed by atoms with Gasteiger partial charge in [0.15, 0.2) is 0 Å². The van der Waals surface area contributed by atoms with Crippen molar-refractivity contribution in [3.05, 3.63) is 47.0 Å². The summed E-state index contributed by atoms with van der Waals surface area (Å²) in [5, 5.41) is 4.51. The van der Waals surface area contributed by atoms with Crippen molar-refractivity contribution in [2.24, 2.45) is 0 Å². The van der Waals surface area contributed by atoms with Gasteiger partial charge in [-0.2, -0.15) is 5.10 Å². The predicted molar refractivity (Wildman–Crippen MR) is 65.1 cm³/mol. The standard InChI is InChI=1S/C13H12ClFN2/c14-8-12-11-2-1-3-13(11)17(16-12)10-6-4-9(15)5-7-10/h4-7H,1-3,8H2. The fourth-order valence-electron chi connectivity index (χ4n) is 2.42. The van der Waals surface area contributed by atoms with Crippen molar-refractivity contribution < 1.29 is 4.39 Å². The molecule has 0 N–H and O–H groups in total. The maximum absolute atomic E-state index is 12.9. The Hall–Kier alpha value is -1.35. The van der Waals surface area contributed by atoms with Crippen LogP contribution in [0.3, 0.4) is 0 Å². The van der Waals surface area contributed by atoms with Gasteiger partial charge < -0.3 is 0 Å². The SMILES string of the molecule is Fc1ccc(-n2nc(CCl)c3c2CCC3)cc1. The molecule has 0 unspecified atom stereocenters. The maximum atomic E-state index is 12.9. The summed E-state index contributed by atoms with van der Waals surface area (Å²) in [4.78, 5) is 0. The highest BCUT2D eigenvalue weighted by atomic mass is 35.5. The summed E-state index contributed by atoms with van der Waals surface area (Å²) in [7, 11) is 0. The van der Waals surface area contributed by atoms with Gasteiger partial charge in [-0.05, 0) is 49.1 Å². The van der Waals surface area contributed by atoms with Gasteiger partial charge in [0.25, 0.3) is 0 Å². The molecule has 0 saturated heterocycles. The number of fused-ring (bicyclic) bond motifs is 1. The molecule has 0 fully saturated rings. The number of hydrogen-bond acceptors (Lipinski definition) is 1. The zero-order chi connectivity index (χ0) is 11.8. The van der Waals surface area contributed by atoms with E-state index in [-0.39, 0.29) is 5.82 Å². The number of rotatable bonds is 2. The zero-order valence-electron chi connectivity index (χ0n) is 9.29. The van der Waals surface area contributed by atoms with Crippen molar-refractivity contribution >= 4 is 11.6 Å². The maximum Gasteiger partial charge on any atom is 0.123 e. The van der Waals surface area contributed by atoms with Crippen LogP contribution in [0, 0.1) is 5.82 Å². The van der Waals surface area contributed by atoms with E-state index < -0.39 is 0 Å². The summed E-state index contributed by atoms with van der Waals surface area (Å²) in [5.74, 6) is 0.214. The van der Waals surface area contributed by atoms with Gasteiger partial charge in [0.1, 0.15) is 5.82 Å². The van der Waals surface area contributed by atoms with Crippen LogP contribution in [0.15, 0.2) is 24.3 Å². The average Bonchev–Trinajstić information content (AvgIpc) is 2.91. The van der Waals surface area contributed by atoms with Crippen LogP contribution >= 0.6 is 11.6 Å². The second-order valence-corrected chi connectivity index (χ2v) is 4.51. The Morgan fingerprint density at radius 3 is 2.71 bits per heavy atom. The summed E-state index contributed by atoms with van der Waals surface area (Å²) < 4.78 is 14.8. The molecule has 88 valence electrons. The first-order chi connectivity index (χ1) is 8.29. The summed E-state index contributed by atoms with van der Waals surface area (Å²) in [6, 6.07) is 6.41. The van der Waals surface area contributed by atoms with Crippen molar-refractivity contribution in [2.45, 2.75) is 25.1 Å². The molecule has 0 spiro atoms. The third kappa shape index (κ3) is 1.75. The van der Waals surface area contributed by atoms with E-state index in [0.717, 1.165) is 30.6 Å². The number of hydrogen-bond donors (Lipinski definition) is 0. The van der Waals surface area contributed by atoms with Crippen LogP contribution in [-0.2, 0) is 18.7 Å². The summed E-state index contributed by atoms with van der Waals surface area (Å²) in [6.07, 6.45) is 3.23. The largest absolute Gasteiger partial charge is 0.237 e. The van der Waals surface area contributed by atoms with Crippen LogP contribution in [0.2, 0.25) is 0 Å². The highest BCUT2D eigenvalue weighted by Gasteiger charge is 2.22. The first-order valence-electron chi connectivity index (χ1n) is 5.71. The van der Waals surface area contributed by atoms with Crippen LogP contribution in [-0.4, -0.2) is 9.78 Å². The van der Waals surface area contributed by atoms with Crippen molar-refractivity contribution in [2.75, 3.05) is 0 Å². The number of halogens is 2. The molecule has 1 heterocycles. The van der Waals surface area contributed by atoms with E-state index in [4.69, 9.17) is 11.6 Å². The van der Waals surface area contributed by atoms with Crippen LogP contribution in [0.4, 0.5) is 4.39 Å². The van der Waals surface area contributed by atoms with Crippen LogP contribution in [0.1, 0.15) is 23.4 Å². The van der Waals surface area contributed by atoms with Gasteiger partial charge in [0, 0.05) is 5.69 Å². The van der Waals surface area contributed by atoms with E-state index in [1.54, 1.807) is 12.1 Å². The Morgan fingerprint density at radius 2 is 2.00 bits per heavy atom. The normalized spacial score (nSPS) is 14.0. The van der Waals surface area contributed by atoms with Crippen LogP contribution in [0.5, 0.6) is 0 Å². The van der Waals surface area contributed by atoms with E-state index in [2.05, 4.69) is 5.10 Å². The second kappa shape index (κ2) is 4.15. The minimum Gasteiger partial charge on any atom is -0.237 e. The molecule has 17 heavy (non-hydrogen) atoms. The molecular weight excluding hydrogens is 239 g/mol. The van der Waals surface area contributed by atoms with E-state index >= 15 is 0 Å². The number of alkyl halides is 1. The molecule has 0 aliphatic heterocycles. The van der Waals surface area contributed by atoms with Crippen molar-refractivity contribution in [3.8, 4) is 5.69 Å². The quantitative estimate of drug-likeness (QED) is 0.749. The Bertz CT molecular complexity index is 545. The summed E-state index contributed by atoms with van der Waals surface area (Å²) in [5.41, 5.74) is 4.38. The predicted octanol–water partition coefficient (Wildman–Crippen LogP) is 3.24. The second-order valence-electron chi connectivity index (χ2n) is 4.25. The topological polar surface area (TPSA) is 17.8 Å². The Kier molecular flexibility index (Phi) is 2.63. The van der Waals surface area contributed by atoms with E-state index in [1.165, 1.54) is 23.4 Å². The molecule has 1 aliphatic rings. The fourth-order valence-corrected chi connectivity index (χ4v) is 2.63. The minimum atomic E-state index is -0.227. The Morgan fingerprint density at radius 1 is 1.24 bits per heavy atom. The van der Waals surface area contributed by atoms with Gasteiger partial charge in [-0.15, -0.1) is 11.6 Å². The van der Waals surface area contributed by atoms with Gasteiger partial charge in [-0.1, -0.05) is 0 Å². The van der Waals surface area contributed by atoms with Crippen LogP contribution in [0.25, 0.3) is 5.69 Å². The zero-order valence-corrected chi connectivity index (χ0v) is 10.0. The van der Waals surface area contributed by atoms with Crippen molar-refractivity contribution in [3.63, 3.8) is 0 Å². The molecule has 0 amide bonds. The van der Waals surface area contributed by atoms with Crippen molar-refractivity contribution in [1.29, 1.82) is 0 Å². The molecule has 1 aliphatic carbocycles. The van der Waals surface area contributed by atoms with Crippen molar-refractivity contribution in [1.82, 2.24) is 9.78 Å². The molecule has 2 aromatic rings. The first kappa shape index (κ1) is 10.8. The fraction of sp³-hybridized carbons (Fsp3) is 0.308. The van der Waals surface area contributed by atoms with Crippen LogP contribution < -0.4 is 0 Å². The van der Waals surface area contributed by atoms with Gasteiger partial charge in [0.2, 0.25) is 0 Å². The summed E-state index contributed by atoms with van der Waals surface area (Å²) in [6.45, 7) is 0. The van der Waals surface area contributed by atoms with Gasteiger partial charge in [-0.25, -0.2) is 9.07 Å². The van der Waals surface area contributed by atoms with E-state index in [9.17, 15) is 4.39 Å². The highest BCUT2D eigenvalue weighted by molar-refractivity contribution is 6.17. The minimum absolute atomic E-state index is 0.227. The average molecular weight is 251 g/mol. The highest BCUT2D eigenvalue weighted by Crippen LogP contribution is 2.28. The molecule has 0 atom stereocenters. The third-order valence-corrected chi connectivity index (χ3v) is 3.46. The lowest BCUT2D eigenvalue weighted by molar-refractivity contribution is 0.626. The molecule has 0 bridgehead atoms. The molecular formula is C13H12ClFN2. The molecule has 2 nitrogen and oxygen atoms in total. The molecule has 1 aromatic heterocycles.